The van der Waals surface area contributed by atoms with E-state index >= 15 is 0 Å². The van der Waals surface area contributed by atoms with Crippen LogP contribution in [0.15, 0.2) is 81.3 Å². The molecule has 0 radical (unpaired) electrons. The molecule has 22 heteroatoms. The molecular weight excluding hydrogens is 985 g/mol. The summed E-state index contributed by atoms with van der Waals surface area (Å²) in [6, 6.07) is 12.2. The Morgan fingerprint density at radius 3 is 1.07 bits per heavy atom. The first-order chi connectivity index (χ1) is 26.0. The molecule has 0 aromatic heterocycles. The first kappa shape index (κ1) is 57.1. The third-order valence-electron chi connectivity index (χ3n) is 5.63. The van der Waals surface area contributed by atoms with Gasteiger partial charge >= 0.3 is 87.8 Å². The second-order valence-electron chi connectivity index (χ2n) is 9.60. The van der Waals surface area contributed by atoms with Crippen molar-refractivity contribution in [2.75, 3.05) is 46.8 Å². The van der Waals surface area contributed by atoms with Gasteiger partial charge in [-0.05, 0) is 60.4 Å². The fraction of sp³-hybridized carbons (Fsp3) is 0.257. The van der Waals surface area contributed by atoms with Gasteiger partial charge < -0.3 is 74.2 Å². The average Bonchev–Trinajstić information content (AvgIpc) is 3.13. The van der Waals surface area contributed by atoms with Crippen LogP contribution in [0.2, 0.25) is 0 Å². The SMILES string of the molecule is CC(=O)[O-].CC(=O)[O-].CO.[Ba+2].[O-]c1c2cccc1OC/C=C\COc1cccc(c1[O-])/C=N/OCCO/N=C/c1ccc(c([O-])c1[O-])/C=N/OCCO/N=C/2.[Zn+2].[Zn+2]. The van der Waals surface area contributed by atoms with E-state index in [0.717, 1.165) is 33.4 Å². The minimum Gasteiger partial charge on any atom is -0.872 e. The Labute approximate surface area is 393 Å². The van der Waals surface area contributed by atoms with E-state index in [1.807, 2.05) is 0 Å². The van der Waals surface area contributed by atoms with Gasteiger partial charge in [0.1, 0.15) is 24.7 Å². The molecule has 2 aliphatic heterocycles. The third-order valence-corrected chi connectivity index (χ3v) is 5.63. The van der Waals surface area contributed by atoms with Gasteiger partial charge in [-0.3, -0.25) is 0 Å². The van der Waals surface area contributed by atoms with E-state index in [9.17, 15) is 20.4 Å². The Morgan fingerprint density at radius 1 is 0.526 bits per heavy atom. The van der Waals surface area contributed by atoms with E-state index in [-0.39, 0.29) is 173 Å². The van der Waals surface area contributed by atoms with Crippen LogP contribution in [0.3, 0.4) is 0 Å². The molecule has 5 rings (SSSR count). The first-order valence-electron chi connectivity index (χ1n) is 15.4. The number of hydrogen-bond donors (Lipinski definition) is 1. The van der Waals surface area contributed by atoms with Crippen LogP contribution < -0.4 is 40.1 Å². The molecule has 19 nitrogen and oxygen atoms in total. The Bertz CT molecular complexity index is 1630. The topological polar surface area (TPSA) is 298 Å². The molecule has 3 aromatic carbocycles. The van der Waals surface area contributed by atoms with E-state index in [1.54, 1.807) is 36.4 Å². The summed E-state index contributed by atoms with van der Waals surface area (Å²) < 4.78 is 11.1. The van der Waals surface area contributed by atoms with Crippen LogP contribution in [0.1, 0.15) is 36.1 Å². The quantitative estimate of drug-likeness (QED) is 0.185. The number of carboxylic acid groups (broad SMARTS) is 2. The number of aliphatic carboxylic acids is 2. The van der Waals surface area contributed by atoms with Crippen molar-refractivity contribution in [3.63, 3.8) is 0 Å². The van der Waals surface area contributed by atoms with E-state index in [0.29, 0.717) is 0 Å². The Kier molecular flexibility index (Phi) is 35.1. The molecule has 0 atom stereocenters. The number of oxime groups is 4. The summed E-state index contributed by atoms with van der Waals surface area (Å²) >= 11 is 0. The van der Waals surface area contributed by atoms with Crippen LogP contribution >= 0.6 is 0 Å². The second-order valence-corrected chi connectivity index (χ2v) is 9.60. The van der Waals surface area contributed by atoms with Crippen LogP contribution in [0, 0.1) is 0 Å². The molecular formula is C35H36BaN4O15Zn2. The molecule has 2 aliphatic rings. The Hall–Kier alpha value is -4.20. The zero-order chi connectivity index (χ0) is 40.1. The number of fused-ring (bicyclic) bond motifs is 16. The van der Waals surface area contributed by atoms with Crippen molar-refractivity contribution >= 4 is 85.7 Å². The van der Waals surface area contributed by atoms with Crippen LogP contribution in [0.25, 0.3) is 0 Å². The number of aliphatic hydroxyl groups excluding tert-OH is 1. The van der Waals surface area contributed by atoms with Crippen molar-refractivity contribution in [1.29, 1.82) is 0 Å². The van der Waals surface area contributed by atoms with Crippen molar-refractivity contribution in [2.24, 2.45) is 20.6 Å². The van der Waals surface area contributed by atoms with Gasteiger partial charge in [0.05, 0.1) is 24.9 Å². The number of ether oxygens (including phenoxy) is 2. The van der Waals surface area contributed by atoms with Gasteiger partial charge in [-0.2, -0.15) is 0 Å². The van der Waals surface area contributed by atoms with Gasteiger partial charge in [0.15, 0.2) is 26.4 Å². The summed E-state index contributed by atoms with van der Waals surface area (Å²) in [7, 11) is 1.00. The molecule has 3 aromatic rings. The van der Waals surface area contributed by atoms with E-state index < -0.39 is 23.4 Å². The number of carbonyl (C=O) groups is 2. The van der Waals surface area contributed by atoms with Crippen molar-refractivity contribution < 1.29 is 113 Å². The summed E-state index contributed by atoms with van der Waals surface area (Å²) in [6.07, 6.45) is 7.99. The summed E-state index contributed by atoms with van der Waals surface area (Å²) in [4.78, 5) is 38.0. The van der Waals surface area contributed by atoms with Crippen LogP contribution in [-0.2, 0) is 67.9 Å². The van der Waals surface area contributed by atoms with Gasteiger partial charge in [-0.25, -0.2) is 0 Å². The molecule has 0 fully saturated rings. The number of aliphatic hydroxyl groups is 1. The number of para-hydroxylation sites is 2. The second kappa shape index (κ2) is 35.0. The minimum atomic E-state index is -1.08. The predicted molar refractivity (Wildman–Crippen MR) is 187 cm³/mol. The molecule has 6 bridgehead atoms. The van der Waals surface area contributed by atoms with Crippen molar-refractivity contribution in [1.82, 2.24) is 0 Å². The smallest absolute Gasteiger partial charge is 0.872 e. The van der Waals surface area contributed by atoms with Crippen molar-refractivity contribution in [2.45, 2.75) is 13.8 Å². The average molecular weight is 1020 g/mol. The van der Waals surface area contributed by atoms with Crippen molar-refractivity contribution in [3.05, 3.63) is 82.9 Å². The van der Waals surface area contributed by atoms with Crippen molar-refractivity contribution in [3.8, 4) is 34.5 Å². The largest absolute Gasteiger partial charge is 2.00 e. The number of rotatable bonds is 0. The molecule has 0 unspecified atom stereocenters. The Morgan fingerprint density at radius 2 is 0.789 bits per heavy atom. The molecule has 0 saturated carbocycles. The number of benzene rings is 3. The maximum atomic E-state index is 12.6. The number of carboxylic acids is 2. The zero-order valence-electron chi connectivity index (χ0n) is 31.4. The molecule has 57 heavy (non-hydrogen) atoms. The number of carbonyl (C=O) groups excluding carboxylic acids is 2. The van der Waals surface area contributed by atoms with Crippen LogP contribution in [0.4, 0.5) is 0 Å². The maximum absolute atomic E-state index is 12.6. The standard InChI is InChI=1S/C30H30N4O10.2C2H4O2.CH4O.Ba.2Zn/c35-27-21-5-3-7-25(27)39-11-1-2-12-40-26-8-4-6-22(28(26)36)18-32-42-14-16-44-34-20-24-10-9-23(29(37)30(24)38)19-33-43-15-13-41-31-17-21;2*1-2(3)4;1-2;;;/h1-10,17-20,35-38H,11-16H2;2*1H3,(H,3,4);2H,1H3;;;/q;;;;3*+2/p-6/b2-1-,31-17+,32-18+,33-19+,34-20+;;;;;;. The number of nitrogens with zero attached hydrogens (tertiary/aromatic N) is 4. The van der Waals surface area contributed by atoms with Gasteiger partial charge in [0, 0.05) is 19.0 Å². The normalized spacial score (nSPS) is 15.2. The zero-order valence-corrected chi connectivity index (χ0v) is 41.8. The fourth-order valence-corrected chi connectivity index (χ4v) is 3.44. The third kappa shape index (κ3) is 24.9. The molecule has 2 heterocycles. The minimum absolute atomic E-state index is 0. The molecule has 292 valence electrons. The van der Waals surface area contributed by atoms with Crippen LogP contribution in [-0.4, -0.2) is 138 Å². The van der Waals surface area contributed by atoms with Crippen LogP contribution in [0.5, 0.6) is 34.5 Å². The Balaban J connectivity index is -0.00000202. The number of hydrogen-bond acceptors (Lipinski definition) is 19. The molecule has 0 amide bonds. The fourth-order valence-electron chi connectivity index (χ4n) is 3.44. The van der Waals surface area contributed by atoms with E-state index in [2.05, 4.69) is 20.6 Å². The molecule has 1 N–H and O–H groups in total. The summed E-state index contributed by atoms with van der Waals surface area (Å²) in [5.41, 5.74) is 0.521. The van der Waals surface area contributed by atoms with E-state index in [1.165, 1.54) is 36.7 Å². The van der Waals surface area contributed by atoms with Gasteiger partial charge in [-0.1, -0.05) is 68.5 Å². The van der Waals surface area contributed by atoms with E-state index in [4.69, 9.17) is 53.7 Å². The van der Waals surface area contributed by atoms with Gasteiger partial charge in [-0.15, -0.1) is 11.5 Å². The first-order valence-corrected chi connectivity index (χ1v) is 15.4. The summed E-state index contributed by atoms with van der Waals surface area (Å²) in [6.45, 7) is 2.07. The molecule has 0 spiro atoms. The summed E-state index contributed by atoms with van der Waals surface area (Å²) in [5.74, 6) is -4.30. The molecule has 0 aliphatic carbocycles. The summed E-state index contributed by atoms with van der Waals surface area (Å²) in [5, 5.41) is 89.4. The monoisotopic (exact) mass is 1020 g/mol. The molecule has 0 saturated heterocycles. The predicted octanol–water partition coefficient (Wildman–Crippen LogP) is -2.15. The maximum Gasteiger partial charge on any atom is 2.00 e. The van der Waals surface area contributed by atoms with Gasteiger partial charge in [0.2, 0.25) is 0 Å². The van der Waals surface area contributed by atoms with Gasteiger partial charge in [0.25, 0.3) is 0 Å².